The van der Waals surface area contributed by atoms with Gasteiger partial charge in [0.2, 0.25) is 5.88 Å². The summed E-state index contributed by atoms with van der Waals surface area (Å²) in [7, 11) is 1.53. The number of rotatable bonds is 5. The van der Waals surface area contributed by atoms with Crippen molar-refractivity contribution in [2.75, 3.05) is 7.11 Å². The van der Waals surface area contributed by atoms with Gasteiger partial charge in [-0.3, -0.25) is 4.79 Å². The summed E-state index contributed by atoms with van der Waals surface area (Å²) in [6, 6.07) is 1.64. The minimum absolute atomic E-state index is 0.0605. The maximum absolute atomic E-state index is 10.4. The van der Waals surface area contributed by atoms with Crippen molar-refractivity contribution >= 4 is 17.7 Å². The Labute approximate surface area is 91.9 Å². The second-order valence-electron chi connectivity index (χ2n) is 2.91. The molecule has 1 unspecified atom stereocenters. The summed E-state index contributed by atoms with van der Waals surface area (Å²) in [6.45, 7) is 1.82. The van der Waals surface area contributed by atoms with Crippen LogP contribution in [0.1, 0.15) is 13.3 Å². The number of ether oxygens (including phenoxy) is 1. The zero-order valence-corrected chi connectivity index (χ0v) is 9.32. The van der Waals surface area contributed by atoms with Crippen LogP contribution in [0.4, 0.5) is 0 Å². The Morgan fingerprint density at radius 3 is 3.07 bits per heavy atom. The average molecular weight is 228 g/mol. The molecule has 15 heavy (non-hydrogen) atoms. The fourth-order valence-electron chi connectivity index (χ4n) is 0.963. The molecule has 0 amide bonds. The molecule has 0 saturated heterocycles. The van der Waals surface area contributed by atoms with E-state index in [0.717, 1.165) is 0 Å². The van der Waals surface area contributed by atoms with Crippen LogP contribution in [0.2, 0.25) is 0 Å². The molecule has 0 saturated carbocycles. The molecule has 0 bridgehead atoms. The topological polar surface area (TPSA) is 72.3 Å². The highest BCUT2D eigenvalue weighted by Crippen LogP contribution is 2.22. The third-order valence-electron chi connectivity index (χ3n) is 1.59. The zero-order valence-electron chi connectivity index (χ0n) is 8.51. The summed E-state index contributed by atoms with van der Waals surface area (Å²) >= 11 is 1.32. The Morgan fingerprint density at radius 2 is 2.47 bits per heavy atom. The van der Waals surface area contributed by atoms with Crippen LogP contribution in [0.3, 0.4) is 0 Å². The van der Waals surface area contributed by atoms with Crippen LogP contribution < -0.4 is 4.74 Å². The van der Waals surface area contributed by atoms with Crippen molar-refractivity contribution in [2.24, 2.45) is 0 Å². The van der Waals surface area contributed by atoms with Gasteiger partial charge in [0.15, 0.2) is 5.16 Å². The van der Waals surface area contributed by atoms with Gasteiger partial charge in [0.05, 0.1) is 13.5 Å². The van der Waals surface area contributed by atoms with Gasteiger partial charge in [-0.25, -0.2) is 4.98 Å². The van der Waals surface area contributed by atoms with E-state index in [-0.39, 0.29) is 11.7 Å². The quantitative estimate of drug-likeness (QED) is 0.607. The molecule has 1 heterocycles. The lowest BCUT2D eigenvalue weighted by Gasteiger charge is -2.07. The van der Waals surface area contributed by atoms with E-state index in [1.54, 1.807) is 12.3 Å². The van der Waals surface area contributed by atoms with Crippen molar-refractivity contribution in [3.05, 3.63) is 12.3 Å². The van der Waals surface area contributed by atoms with Crippen molar-refractivity contribution in [1.29, 1.82) is 0 Å². The predicted octanol–water partition coefficient (Wildman–Crippen LogP) is 1.44. The van der Waals surface area contributed by atoms with E-state index in [2.05, 4.69) is 9.97 Å². The van der Waals surface area contributed by atoms with E-state index in [0.29, 0.717) is 11.0 Å². The second-order valence-corrected chi connectivity index (χ2v) is 4.31. The van der Waals surface area contributed by atoms with Crippen LogP contribution in [-0.2, 0) is 4.79 Å². The SMILES string of the molecule is COc1ccnc(SC(C)CC(=O)O)n1. The molecule has 0 spiro atoms. The van der Waals surface area contributed by atoms with Gasteiger partial charge < -0.3 is 9.84 Å². The molecule has 1 atom stereocenters. The first-order valence-corrected chi connectivity index (χ1v) is 5.25. The van der Waals surface area contributed by atoms with Crippen LogP contribution in [0, 0.1) is 0 Å². The van der Waals surface area contributed by atoms with Crippen LogP contribution >= 0.6 is 11.8 Å². The molecule has 5 nitrogen and oxygen atoms in total. The molecule has 0 fully saturated rings. The zero-order chi connectivity index (χ0) is 11.3. The maximum Gasteiger partial charge on any atom is 0.304 e. The van der Waals surface area contributed by atoms with Gasteiger partial charge in [0, 0.05) is 17.5 Å². The molecule has 0 aliphatic heterocycles. The summed E-state index contributed by atoms with van der Waals surface area (Å²) in [4.78, 5) is 18.5. The third kappa shape index (κ3) is 4.16. The molecule has 6 heteroatoms. The minimum atomic E-state index is -0.821. The standard InChI is InChI=1S/C9H12N2O3S/c1-6(5-8(12)13)15-9-10-4-3-7(11-9)14-2/h3-4,6H,5H2,1-2H3,(H,12,13). The lowest BCUT2D eigenvalue weighted by molar-refractivity contribution is -0.136. The molecule has 1 aromatic rings. The normalized spacial score (nSPS) is 12.1. The van der Waals surface area contributed by atoms with E-state index in [1.807, 2.05) is 6.92 Å². The fraction of sp³-hybridized carbons (Fsp3) is 0.444. The smallest absolute Gasteiger partial charge is 0.304 e. The molecule has 0 aliphatic rings. The fourth-order valence-corrected chi connectivity index (χ4v) is 1.81. The summed E-state index contributed by atoms with van der Waals surface area (Å²) in [5, 5.41) is 9.05. The predicted molar refractivity (Wildman–Crippen MR) is 56.2 cm³/mol. The van der Waals surface area contributed by atoms with Crippen LogP contribution in [0.5, 0.6) is 5.88 Å². The summed E-state index contributed by atoms with van der Waals surface area (Å²) in [5.74, 6) is -0.340. The maximum atomic E-state index is 10.4. The summed E-state index contributed by atoms with van der Waals surface area (Å²) in [5.41, 5.74) is 0. The number of aromatic nitrogens is 2. The van der Waals surface area contributed by atoms with Crippen molar-refractivity contribution < 1.29 is 14.6 Å². The number of thioether (sulfide) groups is 1. The number of carboxylic acids is 1. The first-order chi connectivity index (χ1) is 7.11. The molecule has 1 N–H and O–H groups in total. The number of hydrogen-bond donors (Lipinski definition) is 1. The highest BCUT2D eigenvalue weighted by Gasteiger charge is 2.11. The molecular weight excluding hydrogens is 216 g/mol. The number of nitrogens with zero attached hydrogens (tertiary/aromatic N) is 2. The van der Waals surface area contributed by atoms with Crippen molar-refractivity contribution in [2.45, 2.75) is 23.8 Å². The second kappa shape index (κ2) is 5.55. The van der Waals surface area contributed by atoms with Crippen molar-refractivity contribution in [3.63, 3.8) is 0 Å². The van der Waals surface area contributed by atoms with E-state index in [1.165, 1.54) is 18.9 Å². The van der Waals surface area contributed by atoms with Crippen LogP contribution in [0.25, 0.3) is 0 Å². The van der Waals surface area contributed by atoms with Gasteiger partial charge in [-0.1, -0.05) is 18.7 Å². The lowest BCUT2D eigenvalue weighted by atomic mass is 10.3. The monoisotopic (exact) mass is 228 g/mol. The van der Waals surface area contributed by atoms with Gasteiger partial charge in [0.1, 0.15) is 0 Å². The van der Waals surface area contributed by atoms with Gasteiger partial charge in [-0.15, -0.1) is 0 Å². The Kier molecular flexibility index (Phi) is 4.36. The van der Waals surface area contributed by atoms with Crippen LogP contribution in [0.15, 0.2) is 17.4 Å². The van der Waals surface area contributed by atoms with Gasteiger partial charge >= 0.3 is 5.97 Å². The lowest BCUT2D eigenvalue weighted by Crippen LogP contribution is -2.06. The Bertz CT molecular complexity index is 346. The van der Waals surface area contributed by atoms with Gasteiger partial charge in [-0.2, -0.15) is 4.98 Å². The van der Waals surface area contributed by atoms with Crippen molar-refractivity contribution in [3.8, 4) is 5.88 Å². The number of aliphatic carboxylic acids is 1. The number of carbonyl (C=O) groups is 1. The van der Waals surface area contributed by atoms with Gasteiger partial charge in [0.25, 0.3) is 0 Å². The van der Waals surface area contributed by atoms with E-state index in [4.69, 9.17) is 9.84 Å². The minimum Gasteiger partial charge on any atom is -0.481 e. The summed E-state index contributed by atoms with van der Waals surface area (Å²) < 4.78 is 4.94. The Morgan fingerprint density at radius 1 is 1.73 bits per heavy atom. The Balaban J connectivity index is 2.59. The molecule has 0 radical (unpaired) electrons. The van der Waals surface area contributed by atoms with E-state index >= 15 is 0 Å². The number of carboxylic acid groups (broad SMARTS) is 1. The highest BCUT2D eigenvalue weighted by atomic mass is 32.2. The third-order valence-corrected chi connectivity index (χ3v) is 2.56. The molecule has 82 valence electrons. The van der Waals surface area contributed by atoms with E-state index in [9.17, 15) is 4.79 Å². The molecule has 1 rings (SSSR count). The number of methoxy groups -OCH3 is 1. The first-order valence-electron chi connectivity index (χ1n) is 4.37. The first kappa shape index (κ1) is 11.8. The average Bonchev–Trinajstić information content (AvgIpc) is 2.16. The molecule has 0 aliphatic carbocycles. The van der Waals surface area contributed by atoms with E-state index < -0.39 is 5.97 Å². The van der Waals surface area contributed by atoms with Crippen LogP contribution in [-0.4, -0.2) is 33.4 Å². The Hall–Kier alpha value is -1.30. The largest absolute Gasteiger partial charge is 0.481 e. The number of hydrogen-bond acceptors (Lipinski definition) is 5. The molecular formula is C9H12N2O3S. The highest BCUT2D eigenvalue weighted by molar-refractivity contribution is 7.99. The summed E-state index contributed by atoms with van der Waals surface area (Å²) in [6.07, 6.45) is 1.67. The molecule has 1 aromatic heterocycles. The molecule has 0 aromatic carbocycles. The van der Waals surface area contributed by atoms with Gasteiger partial charge in [-0.05, 0) is 0 Å². The van der Waals surface area contributed by atoms with Crippen molar-refractivity contribution in [1.82, 2.24) is 9.97 Å².